The lowest BCUT2D eigenvalue weighted by Gasteiger charge is -2.42. The van der Waals surface area contributed by atoms with Gasteiger partial charge in [0.1, 0.15) is 23.4 Å². The van der Waals surface area contributed by atoms with Gasteiger partial charge in [-0.3, -0.25) is 9.59 Å². The van der Waals surface area contributed by atoms with Crippen molar-refractivity contribution >= 4 is 11.9 Å². The van der Waals surface area contributed by atoms with Crippen molar-refractivity contribution in [2.45, 2.75) is 62.8 Å². The van der Waals surface area contributed by atoms with Crippen LogP contribution in [0.4, 0.5) is 0 Å². The van der Waals surface area contributed by atoms with Crippen LogP contribution in [0, 0.1) is 11.8 Å². The van der Waals surface area contributed by atoms with Crippen molar-refractivity contribution in [2.75, 3.05) is 0 Å². The molecule has 0 saturated carbocycles. The Labute approximate surface area is 275 Å². The van der Waals surface area contributed by atoms with Crippen LogP contribution >= 0.6 is 0 Å². The number of carbonyl (C=O) groups excluding carboxylic acids is 2. The molecule has 0 unspecified atom stereocenters. The topological polar surface area (TPSA) is 102 Å². The molecule has 2 aliphatic heterocycles. The third-order valence-electron chi connectivity index (χ3n) is 9.33. The monoisotopic (exact) mass is 632 g/mol. The van der Waals surface area contributed by atoms with E-state index in [-0.39, 0.29) is 23.8 Å². The third-order valence-corrected chi connectivity index (χ3v) is 9.33. The Morgan fingerprint density at radius 1 is 0.596 bits per heavy atom. The fraction of sp³-hybridized carbons (Fsp3) is 0.300. The maximum absolute atomic E-state index is 12.6. The lowest BCUT2D eigenvalue weighted by atomic mass is 9.72. The SMILES string of the molecule is CC1(C)O[C@H](C(O)(c2ccccc2)c2ccccc2)[C@@H](C(O)(c2ccccc2)c2ccccc2)O1.CC1=CC[C@H]2C(=O)OC(=O)[C@@H]2C1. The lowest BCUT2D eigenvalue weighted by molar-refractivity contribution is -0.172. The minimum atomic E-state index is -1.60. The van der Waals surface area contributed by atoms with Crippen molar-refractivity contribution in [3.63, 3.8) is 0 Å². The third kappa shape index (κ3) is 6.20. The van der Waals surface area contributed by atoms with E-state index in [4.69, 9.17) is 9.47 Å². The molecule has 4 aromatic rings. The second kappa shape index (κ2) is 13.0. The maximum Gasteiger partial charge on any atom is 0.317 e. The Kier molecular flexibility index (Phi) is 9.01. The van der Waals surface area contributed by atoms with Crippen LogP contribution in [-0.4, -0.2) is 40.1 Å². The number of benzene rings is 4. The van der Waals surface area contributed by atoms with E-state index in [0.29, 0.717) is 35.1 Å². The van der Waals surface area contributed by atoms with Gasteiger partial charge in [-0.1, -0.05) is 133 Å². The summed E-state index contributed by atoms with van der Waals surface area (Å²) in [5, 5.41) is 25.2. The van der Waals surface area contributed by atoms with Crippen molar-refractivity contribution in [1.29, 1.82) is 0 Å². The molecule has 7 rings (SSSR count). The standard InChI is InChI=1S/C31H30O4.C9H10O3/c1-29(2)34-27(30(32,23-15-7-3-8-16-23)24-17-9-4-10-18-24)28(35-29)31(33,25-19-11-5-12-20-25)26-21-13-6-14-22-26;1-5-2-3-6-7(4-5)9(11)12-8(6)10/h3-22,27-28,32-33H,1-2H3;2,6-7H,3-4H2,1H3/t27-,28-;6-,7-/m01/s1. The molecular weight excluding hydrogens is 592 g/mol. The number of allylic oxidation sites excluding steroid dienone is 2. The molecule has 0 bridgehead atoms. The van der Waals surface area contributed by atoms with Gasteiger partial charge in [0, 0.05) is 0 Å². The van der Waals surface area contributed by atoms with Crippen LogP contribution in [0.3, 0.4) is 0 Å². The predicted octanol–water partition coefficient (Wildman–Crippen LogP) is 6.42. The minimum absolute atomic E-state index is 0.192. The van der Waals surface area contributed by atoms with Crippen molar-refractivity contribution in [2.24, 2.45) is 11.8 Å². The molecule has 0 radical (unpaired) electrons. The molecule has 3 aliphatic rings. The first kappa shape index (κ1) is 32.5. The molecule has 2 N–H and O–H groups in total. The zero-order chi connectivity index (χ0) is 33.2. The highest BCUT2D eigenvalue weighted by molar-refractivity contribution is 5.96. The number of ether oxygens (including phenoxy) is 3. The predicted molar refractivity (Wildman–Crippen MR) is 177 cm³/mol. The van der Waals surface area contributed by atoms with E-state index in [0.717, 1.165) is 0 Å². The summed E-state index contributed by atoms with van der Waals surface area (Å²) in [6.07, 6.45) is 1.50. The lowest BCUT2D eigenvalue weighted by Crippen LogP contribution is -2.54. The molecule has 0 amide bonds. The van der Waals surface area contributed by atoms with Crippen molar-refractivity contribution in [3.8, 4) is 0 Å². The number of rotatable bonds is 6. The summed E-state index contributed by atoms with van der Waals surface area (Å²) in [6, 6.07) is 37.8. The summed E-state index contributed by atoms with van der Waals surface area (Å²) in [7, 11) is 0. The van der Waals surface area contributed by atoms with Gasteiger partial charge in [0.2, 0.25) is 0 Å². The Hall–Kier alpha value is -4.40. The van der Waals surface area contributed by atoms with E-state index in [2.05, 4.69) is 4.74 Å². The van der Waals surface area contributed by atoms with Gasteiger partial charge in [0.25, 0.3) is 0 Å². The Morgan fingerprint density at radius 3 is 1.30 bits per heavy atom. The highest BCUT2D eigenvalue weighted by atomic mass is 16.8. The van der Waals surface area contributed by atoms with E-state index in [1.165, 1.54) is 5.57 Å². The van der Waals surface area contributed by atoms with E-state index in [1.807, 2.05) is 148 Å². The second-order valence-corrected chi connectivity index (χ2v) is 12.9. The van der Waals surface area contributed by atoms with Crippen LogP contribution in [0.2, 0.25) is 0 Å². The van der Waals surface area contributed by atoms with Crippen molar-refractivity contribution in [1.82, 2.24) is 0 Å². The first-order valence-corrected chi connectivity index (χ1v) is 16.0. The second-order valence-electron chi connectivity index (χ2n) is 12.9. The van der Waals surface area contributed by atoms with Crippen LogP contribution in [0.1, 0.15) is 55.9 Å². The van der Waals surface area contributed by atoms with Crippen LogP contribution in [0.15, 0.2) is 133 Å². The van der Waals surface area contributed by atoms with Gasteiger partial charge in [-0.25, -0.2) is 0 Å². The normalized spacial score (nSPS) is 23.6. The Balaban J connectivity index is 0.000000269. The summed E-state index contributed by atoms with van der Waals surface area (Å²) < 4.78 is 17.5. The number of hydrogen-bond acceptors (Lipinski definition) is 7. The van der Waals surface area contributed by atoms with Crippen molar-refractivity contribution in [3.05, 3.63) is 155 Å². The highest BCUT2D eigenvalue weighted by Crippen LogP contribution is 2.50. The molecule has 242 valence electrons. The zero-order valence-corrected chi connectivity index (χ0v) is 26.8. The summed E-state index contributed by atoms with van der Waals surface area (Å²) >= 11 is 0. The number of hydrogen-bond donors (Lipinski definition) is 2. The average molecular weight is 633 g/mol. The van der Waals surface area contributed by atoms with E-state index < -0.39 is 29.2 Å². The molecule has 7 nitrogen and oxygen atoms in total. The molecule has 0 spiro atoms. The van der Waals surface area contributed by atoms with Gasteiger partial charge in [-0.2, -0.15) is 0 Å². The first-order chi connectivity index (χ1) is 22.5. The number of esters is 2. The number of cyclic esters (lactones) is 2. The van der Waals surface area contributed by atoms with Gasteiger partial charge < -0.3 is 24.4 Å². The number of fused-ring (bicyclic) bond motifs is 1. The van der Waals surface area contributed by atoms with Crippen molar-refractivity contribution < 1.29 is 34.0 Å². The highest BCUT2D eigenvalue weighted by Gasteiger charge is 2.61. The summed E-state index contributed by atoms with van der Waals surface area (Å²) in [5.41, 5.74) is 0.619. The van der Waals surface area contributed by atoms with Crippen LogP contribution in [-0.2, 0) is 35.0 Å². The number of carbonyl (C=O) groups is 2. The Bertz CT molecular complexity index is 1540. The molecule has 4 aromatic carbocycles. The van der Waals surface area contributed by atoms with Gasteiger partial charge in [0.15, 0.2) is 5.79 Å². The van der Waals surface area contributed by atoms with Gasteiger partial charge in [0.05, 0.1) is 11.8 Å². The summed E-state index contributed by atoms with van der Waals surface area (Å²) in [4.78, 5) is 22.1. The quantitative estimate of drug-likeness (QED) is 0.144. The van der Waals surface area contributed by atoms with Gasteiger partial charge >= 0.3 is 11.9 Å². The minimum Gasteiger partial charge on any atom is -0.393 e. The van der Waals surface area contributed by atoms with Gasteiger partial charge in [-0.15, -0.1) is 0 Å². The maximum atomic E-state index is 12.6. The molecule has 0 aromatic heterocycles. The molecule has 47 heavy (non-hydrogen) atoms. The Morgan fingerprint density at radius 2 is 0.936 bits per heavy atom. The molecule has 7 heteroatoms. The van der Waals surface area contributed by atoms with E-state index in [9.17, 15) is 19.8 Å². The zero-order valence-electron chi connectivity index (χ0n) is 26.8. The first-order valence-electron chi connectivity index (χ1n) is 16.0. The average Bonchev–Trinajstić information content (AvgIpc) is 3.59. The smallest absolute Gasteiger partial charge is 0.317 e. The van der Waals surface area contributed by atoms with Gasteiger partial charge in [-0.05, 0) is 55.9 Å². The number of aliphatic hydroxyl groups is 2. The molecular formula is C40H40O7. The molecule has 2 saturated heterocycles. The molecule has 4 atom stereocenters. The molecule has 2 heterocycles. The van der Waals surface area contributed by atoms with Crippen LogP contribution in [0.5, 0.6) is 0 Å². The fourth-order valence-corrected chi connectivity index (χ4v) is 6.95. The van der Waals surface area contributed by atoms with E-state index in [1.54, 1.807) is 0 Å². The van der Waals surface area contributed by atoms with Crippen LogP contribution < -0.4 is 0 Å². The molecule has 1 aliphatic carbocycles. The summed E-state index contributed by atoms with van der Waals surface area (Å²) in [6.45, 7) is 5.60. The fourth-order valence-electron chi connectivity index (χ4n) is 6.95. The summed E-state index contributed by atoms with van der Waals surface area (Å²) in [5.74, 6) is -2.11. The van der Waals surface area contributed by atoms with E-state index >= 15 is 0 Å². The molecule has 2 fully saturated rings. The largest absolute Gasteiger partial charge is 0.393 e. The van der Waals surface area contributed by atoms with Crippen LogP contribution in [0.25, 0.3) is 0 Å².